The zero-order valence-corrected chi connectivity index (χ0v) is 9.09. The number of nitrogens with one attached hydrogen (secondary N) is 1. The monoisotopic (exact) mass is 246 g/mol. The van der Waals surface area contributed by atoms with E-state index < -0.39 is 17.3 Å². The molecule has 0 aliphatic carbocycles. The summed E-state index contributed by atoms with van der Waals surface area (Å²) in [6.07, 6.45) is -1.31. The Hall–Kier alpha value is -1.14. The molecule has 0 saturated carbocycles. The molecule has 0 spiro atoms. The standard InChI is InChI=1S/C11H13F3N2O/c12-11(13,14)8-2-5-15-6-9(8)10(17)3-1-4-16-7-10/h2,5-6,16-17H,1,3-4,7H2. The number of aliphatic hydroxyl groups is 1. The molecular weight excluding hydrogens is 233 g/mol. The van der Waals surface area contributed by atoms with Crippen LogP contribution in [0.4, 0.5) is 13.2 Å². The van der Waals surface area contributed by atoms with Gasteiger partial charge in [-0.25, -0.2) is 0 Å². The van der Waals surface area contributed by atoms with Gasteiger partial charge in [-0.1, -0.05) is 0 Å². The topological polar surface area (TPSA) is 45.2 Å². The normalized spacial score (nSPS) is 25.9. The Labute approximate surface area is 96.7 Å². The van der Waals surface area contributed by atoms with Crippen LogP contribution in [0.1, 0.15) is 24.0 Å². The van der Waals surface area contributed by atoms with Crippen molar-refractivity contribution in [3.05, 3.63) is 29.6 Å². The minimum Gasteiger partial charge on any atom is -0.384 e. The van der Waals surface area contributed by atoms with Crippen molar-refractivity contribution in [1.29, 1.82) is 0 Å². The summed E-state index contributed by atoms with van der Waals surface area (Å²) in [5.74, 6) is 0. The van der Waals surface area contributed by atoms with Crippen LogP contribution in [0, 0.1) is 0 Å². The van der Waals surface area contributed by atoms with Gasteiger partial charge in [0.1, 0.15) is 5.60 Å². The molecule has 0 amide bonds. The van der Waals surface area contributed by atoms with E-state index in [1.54, 1.807) is 0 Å². The van der Waals surface area contributed by atoms with E-state index in [1.807, 2.05) is 0 Å². The second-order valence-corrected chi connectivity index (χ2v) is 4.23. The first-order valence-electron chi connectivity index (χ1n) is 5.38. The van der Waals surface area contributed by atoms with Crippen molar-refractivity contribution in [2.75, 3.05) is 13.1 Å². The first kappa shape index (κ1) is 12.3. The molecule has 1 atom stereocenters. The molecule has 94 valence electrons. The van der Waals surface area contributed by atoms with E-state index >= 15 is 0 Å². The average Bonchev–Trinajstić information content (AvgIpc) is 2.29. The number of pyridine rings is 1. The first-order chi connectivity index (χ1) is 7.93. The van der Waals surface area contributed by atoms with Crippen LogP contribution in [-0.2, 0) is 11.8 Å². The lowest BCUT2D eigenvalue weighted by Gasteiger charge is -2.34. The van der Waals surface area contributed by atoms with E-state index in [0.717, 1.165) is 18.5 Å². The van der Waals surface area contributed by atoms with Crippen LogP contribution in [0.5, 0.6) is 0 Å². The van der Waals surface area contributed by atoms with Crippen LogP contribution in [0.3, 0.4) is 0 Å². The first-order valence-corrected chi connectivity index (χ1v) is 5.38. The van der Waals surface area contributed by atoms with E-state index in [2.05, 4.69) is 10.3 Å². The number of nitrogens with zero attached hydrogens (tertiary/aromatic N) is 1. The fraction of sp³-hybridized carbons (Fsp3) is 0.545. The van der Waals surface area contributed by atoms with Gasteiger partial charge in [0.25, 0.3) is 0 Å². The number of β-amino-alcohol motifs (C(OH)–C–C–N with tert-alkyl or cyclic N) is 1. The molecule has 1 aliphatic heterocycles. The molecule has 1 aliphatic rings. The fourth-order valence-electron chi connectivity index (χ4n) is 2.13. The van der Waals surface area contributed by atoms with Crippen LogP contribution in [0.2, 0.25) is 0 Å². The zero-order chi connectivity index (χ0) is 12.5. The fourth-order valence-corrected chi connectivity index (χ4v) is 2.13. The highest BCUT2D eigenvalue weighted by Crippen LogP contribution is 2.38. The smallest absolute Gasteiger partial charge is 0.384 e. The maximum atomic E-state index is 12.8. The maximum absolute atomic E-state index is 12.8. The number of aromatic nitrogens is 1. The Kier molecular flexibility index (Phi) is 3.09. The molecule has 3 nitrogen and oxygen atoms in total. The predicted molar refractivity (Wildman–Crippen MR) is 55.2 cm³/mol. The van der Waals surface area contributed by atoms with Crippen LogP contribution in [0.25, 0.3) is 0 Å². The van der Waals surface area contributed by atoms with Gasteiger partial charge in [-0.3, -0.25) is 4.98 Å². The Balaban J connectivity index is 2.44. The van der Waals surface area contributed by atoms with Crippen molar-refractivity contribution in [1.82, 2.24) is 10.3 Å². The zero-order valence-electron chi connectivity index (χ0n) is 9.09. The van der Waals surface area contributed by atoms with Crippen LogP contribution in [0.15, 0.2) is 18.5 Å². The van der Waals surface area contributed by atoms with Crippen LogP contribution >= 0.6 is 0 Å². The lowest BCUT2D eigenvalue weighted by Crippen LogP contribution is -2.44. The highest BCUT2D eigenvalue weighted by atomic mass is 19.4. The lowest BCUT2D eigenvalue weighted by molar-refractivity contribution is -0.141. The average molecular weight is 246 g/mol. The molecule has 2 heterocycles. The Bertz CT molecular complexity index is 400. The Morgan fingerprint density at radius 3 is 2.76 bits per heavy atom. The third-order valence-electron chi connectivity index (χ3n) is 2.99. The summed E-state index contributed by atoms with van der Waals surface area (Å²) >= 11 is 0. The van der Waals surface area contributed by atoms with Gasteiger partial charge >= 0.3 is 6.18 Å². The summed E-state index contributed by atoms with van der Waals surface area (Å²) in [7, 11) is 0. The molecule has 2 N–H and O–H groups in total. The van der Waals surface area contributed by atoms with Crippen LogP contribution in [-0.4, -0.2) is 23.2 Å². The molecule has 6 heteroatoms. The van der Waals surface area contributed by atoms with E-state index in [-0.39, 0.29) is 12.1 Å². The number of halogens is 3. The maximum Gasteiger partial charge on any atom is 0.416 e. The van der Waals surface area contributed by atoms with Gasteiger partial charge in [-0.2, -0.15) is 13.2 Å². The summed E-state index contributed by atoms with van der Waals surface area (Å²) in [6.45, 7) is 0.839. The van der Waals surface area contributed by atoms with Crippen molar-refractivity contribution in [3.63, 3.8) is 0 Å². The third-order valence-corrected chi connectivity index (χ3v) is 2.99. The molecule has 2 rings (SSSR count). The molecule has 1 unspecified atom stereocenters. The molecule has 1 saturated heterocycles. The van der Waals surface area contributed by atoms with E-state index in [1.165, 1.54) is 0 Å². The van der Waals surface area contributed by atoms with Gasteiger partial charge in [0, 0.05) is 24.5 Å². The summed E-state index contributed by atoms with van der Waals surface area (Å²) < 4.78 is 38.4. The van der Waals surface area contributed by atoms with Crippen molar-refractivity contribution in [2.24, 2.45) is 0 Å². The van der Waals surface area contributed by atoms with Crippen molar-refractivity contribution in [3.8, 4) is 0 Å². The lowest BCUT2D eigenvalue weighted by atomic mass is 9.85. The SMILES string of the molecule is OC1(c2cnccc2C(F)(F)F)CCCNC1. The largest absolute Gasteiger partial charge is 0.416 e. The minimum atomic E-state index is -4.47. The number of hydrogen-bond acceptors (Lipinski definition) is 3. The second-order valence-electron chi connectivity index (χ2n) is 4.23. The molecule has 17 heavy (non-hydrogen) atoms. The minimum absolute atomic E-state index is 0.127. The summed E-state index contributed by atoms with van der Waals surface area (Å²) in [4.78, 5) is 3.69. The quantitative estimate of drug-likeness (QED) is 0.792. The second kappa shape index (κ2) is 4.27. The predicted octanol–water partition coefficient (Wildman–Crippen LogP) is 1.67. The van der Waals surface area contributed by atoms with Gasteiger partial charge in [-0.05, 0) is 25.5 Å². The number of hydrogen-bond donors (Lipinski definition) is 2. The molecule has 0 radical (unpaired) electrons. The van der Waals surface area contributed by atoms with Crippen LogP contribution < -0.4 is 5.32 Å². The molecule has 0 bridgehead atoms. The molecule has 1 fully saturated rings. The summed E-state index contributed by atoms with van der Waals surface area (Å²) in [5.41, 5.74) is -2.42. The Morgan fingerprint density at radius 2 is 2.18 bits per heavy atom. The number of rotatable bonds is 1. The van der Waals surface area contributed by atoms with E-state index in [0.29, 0.717) is 19.4 Å². The molecule has 1 aromatic heterocycles. The molecule has 1 aromatic rings. The van der Waals surface area contributed by atoms with Gasteiger partial charge < -0.3 is 10.4 Å². The molecule has 0 aromatic carbocycles. The van der Waals surface area contributed by atoms with Crippen molar-refractivity contribution in [2.45, 2.75) is 24.6 Å². The highest BCUT2D eigenvalue weighted by Gasteiger charge is 2.41. The van der Waals surface area contributed by atoms with Gasteiger partial charge in [0.2, 0.25) is 0 Å². The summed E-state index contributed by atoms with van der Waals surface area (Å²) in [6, 6.07) is 0.905. The van der Waals surface area contributed by atoms with Gasteiger partial charge in [0.15, 0.2) is 0 Å². The number of alkyl halides is 3. The Morgan fingerprint density at radius 1 is 1.41 bits per heavy atom. The van der Waals surface area contributed by atoms with Gasteiger partial charge in [-0.15, -0.1) is 0 Å². The van der Waals surface area contributed by atoms with Gasteiger partial charge in [0.05, 0.1) is 5.56 Å². The van der Waals surface area contributed by atoms with Crippen molar-refractivity contribution >= 4 is 0 Å². The van der Waals surface area contributed by atoms with Crippen molar-refractivity contribution < 1.29 is 18.3 Å². The van der Waals surface area contributed by atoms with E-state index in [9.17, 15) is 18.3 Å². The highest BCUT2D eigenvalue weighted by molar-refractivity contribution is 5.32. The number of piperidine rings is 1. The van der Waals surface area contributed by atoms with E-state index in [4.69, 9.17) is 0 Å². The molecular formula is C11H13F3N2O. The summed E-state index contributed by atoms with van der Waals surface area (Å²) in [5, 5.41) is 13.2. The third kappa shape index (κ3) is 2.42.